The molecule has 0 atom stereocenters. The van der Waals surface area contributed by atoms with Gasteiger partial charge in [0.15, 0.2) is 0 Å². The number of aryl methyl sites for hydroxylation is 1. The smallest absolute Gasteiger partial charge is 0.116 e. The number of aromatic nitrogens is 1. The standard InChI is InChI=1S/C27H26N2O2/c28-12-3-13-29-26-16-20(18-4-1-6-22(30)14-18)8-10-24(26)25-11-9-21(17-27(25)29)19-5-2-7-23(31)15-19/h1,4-6,8-11,14-17,30-31H,2-3,7,12-13,28H2. The highest BCUT2D eigenvalue weighted by atomic mass is 16.3. The fraction of sp³-hybridized carbons (Fsp3) is 0.185. The molecule has 1 aliphatic rings. The van der Waals surface area contributed by atoms with Crippen molar-refractivity contribution in [1.82, 2.24) is 4.57 Å². The number of phenols is 1. The molecular weight excluding hydrogens is 384 g/mol. The molecule has 0 radical (unpaired) electrons. The first-order chi connectivity index (χ1) is 15.1. The summed E-state index contributed by atoms with van der Waals surface area (Å²) < 4.78 is 2.35. The zero-order valence-corrected chi connectivity index (χ0v) is 17.4. The number of rotatable bonds is 5. The number of hydrogen-bond acceptors (Lipinski definition) is 3. The van der Waals surface area contributed by atoms with Crippen molar-refractivity contribution in [3.8, 4) is 16.9 Å². The van der Waals surface area contributed by atoms with Crippen molar-refractivity contribution >= 4 is 27.4 Å². The first-order valence-electron chi connectivity index (χ1n) is 10.8. The lowest BCUT2D eigenvalue weighted by Gasteiger charge is -2.12. The lowest BCUT2D eigenvalue weighted by atomic mass is 9.97. The van der Waals surface area contributed by atoms with Crippen LogP contribution in [0, 0.1) is 0 Å². The van der Waals surface area contributed by atoms with E-state index in [2.05, 4.69) is 47.0 Å². The average Bonchev–Trinajstić information content (AvgIpc) is 3.09. The van der Waals surface area contributed by atoms with E-state index in [1.807, 2.05) is 18.2 Å². The fourth-order valence-corrected chi connectivity index (χ4v) is 4.52. The van der Waals surface area contributed by atoms with Gasteiger partial charge in [0.05, 0.1) is 5.76 Å². The average molecular weight is 411 g/mol. The minimum Gasteiger partial charge on any atom is -0.512 e. The van der Waals surface area contributed by atoms with E-state index < -0.39 is 0 Å². The van der Waals surface area contributed by atoms with Gasteiger partial charge in [-0.05, 0) is 72.0 Å². The first kappa shape index (κ1) is 19.5. The predicted octanol–water partition coefficient (Wildman–Crippen LogP) is 6.14. The molecule has 4 N–H and O–H groups in total. The molecule has 4 nitrogen and oxygen atoms in total. The van der Waals surface area contributed by atoms with Gasteiger partial charge >= 0.3 is 0 Å². The van der Waals surface area contributed by atoms with Gasteiger partial charge in [0.25, 0.3) is 0 Å². The van der Waals surface area contributed by atoms with Gasteiger partial charge in [-0.2, -0.15) is 0 Å². The minimum absolute atomic E-state index is 0.267. The van der Waals surface area contributed by atoms with Crippen LogP contribution in [-0.2, 0) is 6.54 Å². The van der Waals surface area contributed by atoms with Crippen molar-refractivity contribution in [3.63, 3.8) is 0 Å². The molecule has 1 aromatic heterocycles. The normalized spacial score (nSPS) is 14.1. The lowest BCUT2D eigenvalue weighted by Crippen LogP contribution is -2.05. The summed E-state index contributed by atoms with van der Waals surface area (Å²) in [5.74, 6) is 0.708. The van der Waals surface area contributed by atoms with E-state index in [0.717, 1.165) is 47.2 Å². The molecule has 0 aliphatic heterocycles. The van der Waals surface area contributed by atoms with E-state index in [1.54, 1.807) is 12.1 Å². The van der Waals surface area contributed by atoms with Gasteiger partial charge in [-0.25, -0.2) is 0 Å². The number of aliphatic hydroxyl groups is 1. The molecule has 1 heterocycles. The number of phenolic OH excluding ortho intramolecular Hbond substituents is 1. The number of aliphatic hydroxyl groups excluding tert-OH is 1. The highest BCUT2D eigenvalue weighted by Crippen LogP contribution is 2.35. The first-order valence-corrected chi connectivity index (χ1v) is 10.8. The van der Waals surface area contributed by atoms with E-state index >= 15 is 0 Å². The van der Waals surface area contributed by atoms with Gasteiger partial charge in [0.2, 0.25) is 0 Å². The third kappa shape index (κ3) is 3.60. The quantitative estimate of drug-likeness (QED) is 0.370. The maximum atomic E-state index is 9.98. The summed E-state index contributed by atoms with van der Waals surface area (Å²) in [6.07, 6.45) is 6.52. The van der Waals surface area contributed by atoms with Crippen LogP contribution in [0.3, 0.4) is 0 Å². The van der Waals surface area contributed by atoms with Crippen LogP contribution in [0.25, 0.3) is 38.5 Å². The molecule has 3 aromatic carbocycles. The summed E-state index contributed by atoms with van der Waals surface area (Å²) in [4.78, 5) is 0. The number of aromatic hydroxyl groups is 1. The summed E-state index contributed by atoms with van der Waals surface area (Å²) in [5, 5.41) is 22.3. The molecule has 0 bridgehead atoms. The highest BCUT2D eigenvalue weighted by Gasteiger charge is 2.14. The molecule has 0 spiro atoms. The third-order valence-corrected chi connectivity index (χ3v) is 6.05. The molecule has 4 heteroatoms. The second-order valence-electron chi connectivity index (χ2n) is 8.14. The Bertz CT molecular complexity index is 1340. The van der Waals surface area contributed by atoms with Crippen LogP contribution >= 0.6 is 0 Å². The van der Waals surface area contributed by atoms with Gasteiger partial charge in [-0.3, -0.25) is 0 Å². The Labute approximate surface area is 181 Å². The second-order valence-corrected chi connectivity index (χ2v) is 8.14. The topological polar surface area (TPSA) is 71.4 Å². The fourth-order valence-electron chi connectivity index (χ4n) is 4.52. The Balaban J connectivity index is 1.70. The Kier molecular flexibility index (Phi) is 5.00. The number of benzene rings is 3. The molecule has 5 rings (SSSR count). The largest absolute Gasteiger partial charge is 0.512 e. The van der Waals surface area contributed by atoms with Crippen LogP contribution < -0.4 is 5.73 Å². The van der Waals surface area contributed by atoms with Crippen LogP contribution in [0.5, 0.6) is 5.75 Å². The summed E-state index contributed by atoms with van der Waals surface area (Å²) in [7, 11) is 0. The number of nitrogens with zero attached hydrogens (tertiary/aromatic N) is 1. The number of fused-ring (bicyclic) bond motifs is 3. The van der Waals surface area contributed by atoms with Crippen molar-refractivity contribution in [3.05, 3.63) is 84.1 Å². The molecule has 0 saturated heterocycles. The molecule has 156 valence electrons. The molecule has 4 aromatic rings. The van der Waals surface area contributed by atoms with Crippen LogP contribution in [0.4, 0.5) is 0 Å². The van der Waals surface area contributed by atoms with Crippen molar-refractivity contribution in [2.45, 2.75) is 25.8 Å². The minimum atomic E-state index is 0.267. The van der Waals surface area contributed by atoms with E-state index in [-0.39, 0.29) is 5.75 Å². The summed E-state index contributed by atoms with van der Waals surface area (Å²) in [6, 6.07) is 20.4. The molecule has 0 amide bonds. The maximum absolute atomic E-state index is 9.98. The zero-order valence-electron chi connectivity index (χ0n) is 17.4. The molecule has 0 saturated carbocycles. The Morgan fingerprint density at radius 2 is 1.55 bits per heavy atom. The Hall–Kier alpha value is -3.50. The molecular formula is C27H26N2O2. The van der Waals surface area contributed by atoms with Crippen molar-refractivity contribution in [2.24, 2.45) is 5.73 Å². The molecule has 1 aliphatic carbocycles. The number of allylic oxidation sites excluding steroid dienone is 4. The molecule has 0 unspecified atom stereocenters. The van der Waals surface area contributed by atoms with Crippen LogP contribution in [0.2, 0.25) is 0 Å². The number of nitrogens with two attached hydrogens (primary N) is 1. The monoisotopic (exact) mass is 410 g/mol. The van der Waals surface area contributed by atoms with E-state index in [9.17, 15) is 10.2 Å². The Morgan fingerprint density at radius 3 is 2.26 bits per heavy atom. The summed E-state index contributed by atoms with van der Waals surface area (Å²) in [5.41, 5.74) is 12.4. The SMILES string of the molecule is NCCCn1c2cc(C3=CCCC(O)=C3)ccc2c2ccc(-c3cccc(O)c3)cc21. The van der Waals surface area contributed by atoms with Crippen LogP contribution in [0.1, 0.15) is 24.8 Å². The van der Waals surface area contributed by atoms with Crippen molar-refractivity contribution < 1.29 is 10.2 Å². The van der Waals surface area contributed by atoms with Gasteiger partial charge in [-0.1, -0.05) is 42.5 Å². The summed E-state index contributed by atoms with van der Waals surface area (Å²) >= 11 is 0. The van der Waals surface area contributed by atoms with E-state index in [0.29, 0.717) is 18.7 Å². The number of hydrogen-bond donors (Lipinski definition) is 3. The van der Waals surface area contributed by atoms with Gasteiger partial charge in [-0.15, -0.1) is 0 Å². The van der Waals surface area contributed by atoms with Crippen molar-refractivity contribution in [1.29, 1.82) is 0 Å². The van der Waals surface area contributed by atoms with E-state index in [4.69, 9.17) is 5.73 Å². The van der Waals surface area contributed by atoms with Gasteiger partial charge in [0, 0.05) is 34.8 Å². The predicted molar refractivity (Wildman–Crippen MR) is 128 cm³/mol. The third-order valence-electron chi connectivity index (χ3n) is 6.05. The van der Waals surface area contributed by atoms with Gasteiger partial charge in [0.1, 0.15) is 5.75 Å². The zero-order chi connectivity index (χ0) is 21.4. The maximum Gasteiger partial charge on any atom is 0.116 e. The second kappa shape index (κ2) is 7.97. The lowest BCUT2D eigenvalue weighted by molar-refractivity contribution is 0.388. The molecule has 0 fully saturated rings. The van der Waals surface area contributed by atoms with Crippen LogP contribution in [0.15, 0.2) is 78.6 Å². The van der Waals surface area contributed by atoms with E-state index in [1.165, 1.54) is 16.3 Å². The Morgan fingerprint density at radius 1 is 0.839 bits per heavy atom. The molecule has 31 heavy (non-hydrogen) atoms. The van der Waals surface area contributed by atoms with Crippen LogP contribution in [-0.4, -0.2) is 21.3 Å². The van der Waals surface area contributed by atoms with Crippen molar-refractivity contribution in [2.75, 3.05) is 6.54 Å². The summed E-state index contributed by atoms with van der Waals surface area (Å²) in [6.45, 7) is 1.47. The van der Waals surface area contributed by atoms with Gasteiger partial charge < -0.3 is 20.5 Å². The highest BCUT2D eigenvalue weighted by molar-refractivity contribution is 6.09.